The van der Waals surface area contributed by atoms with Crippen molar-refractivity contribution >= 4 is 29.6 Å². The van der Waals surface area contributed by atoms with Crippen molar-refractivity contribution in [2.45, 2.75) is 50.0 Å². The molecule has 9 nitrogen and oxygen atoms in total. The summed E-state index contributed by atoms with van der Waals surface area (Å²) in [5.41, 5.74) is 0.878. The number of methoxy groups -OCH3 is 1. The molecule has 0 saturated carbocycles. The van der Waals surface area contributed by atoms with Crippen molar-refractivity contribution in [3.8, 4) is 11.5 Å². The number of benzene rings is 2. The number of hydrogen-bond donors (Lipinski definition) is 1. The Hall–Kier alpha value is -4.05. The van der Waals surface area contributed by atoms with Crippen LogP contribution in [-0.4, -0.2) is 48.9 Å². The maximum Gasteiger partial charge on any atom is 0.328 e. The predicted molar refractivity (Wildman–Crippen MR) is 151 cm³/mol. The molecule has 0 spiro atoms. The summed E-state index contributed by atoms with van der Waals surface area (Å²) < 4.78 is 21.7. The highest BCUT2D eigenvalue weighted by Gasteiger charge is 2.28. The predicted octanol–water partition coefficient (Wildman–Crippen LogP) is 5.21. The van der Waals surface area contributed by atoms with Crippen LogP contribution in [0.1, 0.15) is 49.0 Å². The summed E-state index contributed by atoms with van der Waals surface area (Å²) in [5.74, 6) is -1.89. The number of nitrogens with one attached hydrogen (secondary N) is 1. The molecule has 0 fully saturated rings. The summed E-state index contributed by atoms with van der Waals surface area (Å²) in [5, 5.41) is 2.44. The third-order valence-corrected chi connectivity index (χ3v) is 7.20. The Morgan fingerprint density at radius 2 is 1.55 bits per heavy atom. The molecule has 0 saturated heterocycles. The van der Waals surface area contributed by atoms with E-state index in [2.05, 4.69) is 10.3 Å². The van der Waals surface area contributed by atoms with Gasteiger partial charge in [-0.25, -0.2) is 9.78 Å². The van der Waals surface area contributed by atoms with E-state index in [0.29, 0.717) is 0 Å². The van der Waals surface area contributed by atoms with Gasteiger partial charge in [-0.2, -0.15) is 0 Å². The van der Waals surface area contributed by atoms with Gasteiger partial charge in [0.05, 0.1) is 18.3 Å². The number of carbonyl (C=O) groups excluding carboxylic acids is 3. The van der Waals surface area contributed by atoms with Gasteiger partial charge in [0.25, 0.3) is 5.91 Å². The molecule has 0 aliphatic heterocycles. The van der Waals surface area contributed by atoms with Crippen LogP contribution in [0.15, 0.2) is 77.8 Å². The molecular weight excluding hydrogens is 532 g/mol. The van der Waals surface area contributed by atoms with Gasteiger partial charge in [0.15, 0.2) is 17.2 Å². The second-order valence-corrected chi connectivity index (χ2v) is 10.4. The first-order valence-electron chi connectivity index (χ1n) is 12.8. The van der Waals surface area contributed by atoms with Crippen molar-refractivity contribution in [3.63, 3.8) is 0 Å². The minimum atomic E-state index is -0.993. The Bertz CT molecular complexity index is 1270. The molecule has 3 atom stereocenters. The molecule has 3 aromatic rings. The summed E-state index contributed by atoms with van der Waals surface area (Å²) in [7, 11) is 1.40. The number of rotatable bonds is 13. The second-order valence-electron chi connectivity index (χ2n) is 9.17. The fourth-order valence-electron chi connectivity index (χ4n) is 3.60. The van der Waals surface area contributed by atoms with Crippen molar-refractivity contribution < 1.29 is 33.3 Å². The summed E-state index contributed by atoms with van der Waals surface area (Å²) >= 11 is 1.59. The molecule has 0 aliphatic carbocycles. The van der Waals surface area contributed by atoms with Gasteiger partial charge >= 0.3 is 11.9 Å². The highest BCUT2D eigenvalue weighted by Crippen LogP contribution is 2.39. The minimum Gasteiger partial charge on any atom is -0.493 e. The maximum atomic E-state index is 13.1. The van der Waals surface area contributed by atoms with Crippen LogP contribution in [0.5, 0.6) is 11.5 Å². The Balaban J connectivity index is 1.69. The average molecular weight is 567 g/mol. The summed E-state index contributed by atoms with van der Waals surface area (Å²) in [6.07, 6.45) is 0.862. The Morgan fingerprint density at radius 3 is 2.17 bits per heavy atom. The van der Waals surface area contributed by atoms with Crippen LogP contribution in [-0.2, 0) is 19.1 Å². The van der Waals surface area contributed by atoms with Gasteiger partial charge in [-0.15, -0.1) is 11.8 Å². The number of pyridine rings is 1. The molecule has 3 rings (SSSR count). The standard InChI is InChI=1S/C30H34N2O7S/c1-19(2)29(34)38-18-37-26-24(36-5)16-17-31-25(26)28(33)32-20(3)30(35)39-21(4)27(22-12-8-6-9-13-22)40-23-14-10-7-11-15-23/h6-17,19-21,27H,18H2,1-5H3,(H,32,33)/t20-,21-,27-/m0/s1. The molecule has 1 heterocycles. The normalized spacial score (nSPS) is 13.1. The molecule has 0 radical (unpaired) electrons. The van der Waals surface area contributed by atoms with Crippen molar-refractivity contribution in [2.24, 2.45) is 5.92 Å². The maximum absolute atomic E-state index is 13.1. The van der Waals surface area contributed by atoms with Crippen molar-refractivity contribution in [1.82, 2.24) is 10.3 Å². The zero-order valence-electron chi connectivity index (χ0n) is 23.2. The van der Waals surface area contributed by atoms with Crippen LogP contribution in [0, 0.1) is 5.92 Å². The molecule has 0 aliphatic rings. The molecule has 40 heavy (non-hydrogen) atoms. The van der Waals surface area contributed by atoms with Gasteiger partial charge in [0.2, 0.25) is 6.79 Å². The number of thioether (sulfide) groups is 1. The molecule has 1 amide bonds. The molecule has 2 aromatic carbocycles. The summed E-state index contributed by atoms with van der Waals surface area (Å²) in [6.45, 7) is 6.30. The number of carbonyl (C=O) groups is 3. The van der Waals surface area contributed by atoms with E-state index in [-0.39, 0.29) is 28.4 Å². The monoisotopic (exact) mass is 566 g/mol. The van der Waals surface area contributed by atoms with E-state index in [1.807, 2.05) is 67.6 Å². The molecule has 1 N–H and O–H groups in total. The lowest BCUT2D eigenvalue weighted by atomic mass is 10.1. The van der Waals surface area contributed by atoms with Crippen LogP contribution >= 0.6 is 11.8 Å². The molecule has 212 valence electrons. The smallest absolute Gasteiger partial charge is 0.328 e. The van der Waals surface area contributed by atoms with Crippen LogP contribution in [0.25, 0.3) is 0 Å². The van der Waals surface area contributed by atoms with E-state index in [1.54, 1.807) is 25.6 Å². The second kappa shape index (κ2) is 14.9. The van der Waals surface area contributed by atoms with E-state index >= 15 is 0 Å². The first kappa shape index (κ1) is 30.5. The fraction of sp³-hybridized carbons (Fsp3) is 0.333. The van der Waals surface area contributed by atoms with Crippen molar-refractivity contribution in [3.05, 3.63) is 84.2 Å². The van der Waals surface area contributed by atoms with Crippen LogP contribution < -0.4 is 14.8 Å². The van der Waals surface area contributed by atoms with E-state index < -0.39 is 36.8 Å². The Labute approximate surface area is 238 Å². The Morgan fingerprint density at radius 1 is 0.900 bits per heavy atom. The number of nitrogens with zero attached hydrogens (tertiary/aromatic N) is 1. The number of ether oxygens (including phenoxy) is 4. The first-order valence-corrected chi connectivity index (χ1v) is 13.7. The van der Waals surface area contributed by atoms with E-state index in [4.69, 9.17) is 18.9 Å². The lowest BCUT2D eigenvalue weighted by molar-refractivity contribution is -0.154. The minimum absolute atomic E-state index is 0.0172. The highest BCUT2D eigenvalue weighted by molar-refractivity contribution is 7.99. The molecular formula is C30H34N2O7S. The SMILES string of the molecule is COc1ccnc(C(=O)N[C@@H](C)C(=O)O[C@@H](C)[C@H](Sc2ccccc2)c2ccccc2)c1OCOC(=O)C(C)C. The quantitative estimate of drug-likeness (QED) is 0.169. The lowest BCUT2D eigenvalue weighted by Crippen LogP contribution is -2.41. The molecule has 10 heteroatoms. The van der Waals surface area contributed by atoms with E-state index in [1.165, 1.54) is 26.3 Å². The number of hydrogen-bond acceptors (Lipinski definition) is 9. The third kappa shape index (κ3) is 8.47. The average Bonchev–Trinajstić information content (AvgIpc) is 2.96. The van der Waals surface area contributed by atoms with Gasteiger partial charge in [-0.1, -0.05) is 62.4 Å². The van der Waals surface area contributed by atoms with Gasteiger partial charge in [-0.3, -0.25) is 9.59 Å². The summed E-state index contributed by atoms with van der Waals surface area (Å²) in [4.78, 5) is 43.1. The first-order chi connectivity index (χ1) is 19.2. The van der Waals surface area contributed by atoms with Gasteiger partial charge < -0.3 is 24.3 Å². The van der Waals surface area contributed by atoms with Crippen LogP contribution in [0.3, 0.4) is 0 Å². The van der Waals surface area contributed by atoms with Crippen molar-refractivity contribution in [1.29, 1.82) is 0 Å². The zero-order chi connectivity index (χ0) is 29.1. The zero-order valence-corrected chi connectivity index (χ0v) is 24.0. The number of esters is 2. The number of amides is 1. The summed E-state index contributed by atoms with van der Waals surface area (Å²) in [6, 6.07) is 20.2. The number of aromatic nitrogens is 1. The lowest BCUT2D eigenvalue weighted by Gasteiger charge is -2.25. The van der Waals surface area contributed by atoms with Gasteiger partial charge in [0, 0.05) is 17.2 Å². The molecule has 0 unspecified atom stereocenters. The van der Waals surface area contributed by atoms with E-state index in [9.17, 15) is 14.4 Å². The van der Waals surface area contributed by atoms with E-state index in [0.717, 1.165) is 10.5 Å². The third-order valence-electron chi connectivity index (χ3n) is 5.74. The topological polar surface area (TPSA) is 113 Å². The van der Waals surface area contributed by atoms with Crippen LogP contribution in [0.4, 0.5) is 0 Å². The van der Waals surface area contributed by atoms with Crippen LogP contribution in [0.2, 0.25) is 0 Å². The highest BCUT2D eigenvalue weighted by atomic mass is 32.2. The largest absolute Gasteiger partial charge is 0.493 e. The molecule has 1 aromatic heterocycles. The van der Waals surface area contributed by atoms with Gasteiger partial charge in [0.1, 0.15) is 12.1 Å². The fourth-order valence-corrected chi connectivity index (χ4v) is 4.75. The van der Waals surface area contributed by atoms with Crippen molar-refractivity contribution in [2.75, 3.05) is 13.9 Å². The molecule has 0 bridgehead atoms. The van der Waals surface area contributed by atoms with Gasteiger partial charge in [-0.05, 0) is 31.5 Å². The Kier molecular flexibility index (Phi) is 11.4.